The molecule has 0 aromatic heterocycles. The van der Waals surface area contributed by atoms with Crippen molar-refractivity contribution >= 4 is 5.91 Å². The Bertz CT molecular complexity index is 268. The maximum atomic E-state index is 12.2. The van der Waals surface area contributed by atoms with Crippen LogP contribution < -0.4 is 5.32 Å². The molecule has 0 aromatic carbocycles. The zero-order chi connectivity index (χ0) is 12.5. The molecular formula is C14H26N2O. The summed E-state index contributed by atoms with van der Waals surface area (Å²) in [5, 5.41) is 3.30. The number of nitrogens with zero attached hydrogens (tertiary/aromatic N) is 1. The summed E-state index contributed by atoms with van der Waals surface area (Å²) in [5.74, 6) is 1.11. The lowest BCUT2D eigenvalue weighted by molar-refractivity contribution is -0.135. The van der Waals surface area contributed by atoms with Crippen LogP contribution in [-0.4, -0.2) is 36.5 Å². The highest BCUT2D eigenvalue weighted by Gasteiger charge is 2.33. The normalized spacial score (nSPS) is 27.5. The van der Waals surface area contributed by atoms with E-state index in [1.165, 1.54) is 12.8 Å². The summed E-state index contributed by atoms with van der Waals surface area (Å²) < 4.78 is 0. The van der Waals surface area contributed by atoms with E-state index in [-0.39, 0.29) is 6.04 Å². The van der Waals surface area contributed by atoms with E-state index in [1.54, 1.807) is 0 Å². The van der Waals surface area contributed by atoms with Crippen molar-refractivity contribution < 1.29 is 4.79 Å². The topological polar surface area (TPSA) is 32.3 Å². The van der Waals surface area contributed by atoms with Gasteiger partial charge in [0.25, 0.3) is 0 Å². The minimum absolute atomic E-state index is 0.112. The summed E-state index contributed by atoms with van der Waals surface area (Å²) in [5.41, 5.74) is 0.390. The van der Waals surface area contributed by atoms with E-state index in [0.717, 1.165) is 38.4 Å². The van der Waals surface area contributed by atoms with Crippen LogP contribution in [0.4, 0.5) is 0 Å². The molecule has 17 heavy (non-hydrogen) atoms. The van der Waals surface area contributed by atoms with E-state index in [9.17, 15) is 4.79 Å². The van der Waals surface area contributed by atoms with Crippen molar-refractivity contribution in [2.24, 2.45) is 11.3 Å². The van der Waals surface area contributed by atoms with Gasteiger partial charge in [0.2, 0.25) is 5.91 Å². The summed E-state index contributed by atoms with van der Waals surface area (Å²) in [6.07, 6.45) is 4.51. The van der Waals surface area contributed by atoms with Crippen molar-refractivity contribution in [2.45, 2.75) is 52.5 Å². The fourth-order valence-corrected chi connectivity index (χ4v) is 3.08. The predicted octanol–water partition coefficient (Wildman–Crippen LogP) is 2.02. The van der Waals surface area contributed by atoms with E-state index >= 15 is 0 Å². The monoisotopic (exact) mass is 238 g/mol. The van der Waals surface area contributed by atoms with Gasteiger partial charge >= 0.3 is 0 Å². The highest BCUT2D eigenvalue weighted by molar-refractivity contribution is 5.82. The Morgan fingerprint density at radius 2 is 1.82 bits per heavy atom. The van der Waals surface area contributed by atoms with Crippen molar-refractivity contribution in [2.75, 3.05) is 19.6 Å². The fourth-order valence-electron chi connectivity index (χ4n) is 3.08. The Hall–Kier alpha value is -0.570. The number of amides is 1. The van der Waals surface area contributed by atoms with Crippen LogP contribution in [0.3, 0.4) is 0 Å². The van der Waals surface area contributed by atoms with Crippen LogP contribution in [0.15, 0.2) is 0 Å². The summed E-state index contributed by atoms with van der Waals surface area (Å²) in [4.78, 5) is 14.3. The van der Waals surface area contributed by atoms with Crippen LogP contribution >= 0.6 is 0 Å². The van der Waals surface area contributed by atoms with Gasteiger partial charge in [0.05, 0.1) is 6.04 Å². The smallest absolute Gasteiger partial charge is 0.239 e. The molecule has 0 aromatic rings. The van der Waals surface area contributed by atoms with Gasteiger partial charge in [0, 0.05) is 13.1 Å². The van der Waals surface area contributed by atoms with Crippen LogP contribution in [0.1, 0.15) is 46.5 Å². The summed E-state index contributed by atoms with van der Waals surface area (Å²) in [6.45, 7) is 9.86. The summed E-state index contributed by atoms with van der Waals surface area (Å²) in [7, 11) is 0. The molecule has 1 amide bonds. The Kier molecular flexibility index (Phi) is 3.76. The molecule has 2 aliphatic heterocycles. The molecule has 1 atom stereocenters. The molecule has 2 fully saturated rings. The quantitative estimate of drug-likeness (QED) is 0.758. The third-order valence-electron chi connectivity index (χ3n) is 4.39. The van der Waals surface area contributed by atoms with Crippen molar-refractivity contribution in [3.63, 3.8) is 0 Å². The van der Waals surface area contributed by atoms with Crippen molar-refractivity contribution in [3.8, 4) is 0 Å². The molecule has 0 saturated carbocycles. The van der Waals surface area contributed by atoms with Gasteiger partial charge < -0.3 is 10.2 Å². The maximum absolute atomic E-state index is 12.2. The van der Waals surface area contributed by atoms with Crippen LogP contribution in [0.2, 0.25) is 0 Å². The molecule has 0 bridgehead atoms. The molecule has 2 heterocycles. The minimum Gasteiger partial charge on any atom is -0.341 e. The highest BCUT2D eigenvalue weighted by Crippen LogP contribution is 2.34. The van der Waals surface area contributed by atoms with Gasteiger partial charge in [0.1, 0.15) is 0 Å². The predicted molar refractivity (Wildman–Crippen MR) is 69.8 cm³/mol. The van der Waals surface area contributed by atoms with E-state index in [1.807, 2.05) is 0 Å². The van der Waals surface area contributed by atoms with E-state index in [4.69, 9.17) is 0 Å². The number of hydrogen-bond acceptors (Lipinski definition) is 2. The largest absolute Gasteiger partial charge is 0.341 e. The molecule has 1 N–H and O–H groups in total. The average Bonchev–Trinajstić information content (AvgIpc) is 2.80. The van der Waals surface area contributed by atoms with Crippen LogP contribution in [-0.2, 0) is 4.79 Å². The second kappa shape index (κ2) is 4.97. The average molecular weight is 238 g/mol. The van der Waals surface area contributed by atoms with Gasteiger partial charge in [-0.05, 0) is 43.6 Å². The highest BCUT2D eigenvalue weighted by atomic mass is 16.2. The molecule has 0 unspecified atom stereocenters. The van der Waals surface area contributed by atoms with Crippen LogP contribution in [0.25, 0.3) is 0 Å². The molecular weight excluding hydrogens is 212 g/mol. The maximum Gasteiger partial charge on any atom is 0.239 e. The zero-order valence-electron chi connectivity index (χ0n) is 11.5. The Labute approximate surface area is 105 Å². The fraction of sp³-hybridized carbons (Fsp3) is 0.929. The molecule has 0 spiro atoms. The van der Waals surface area contributed by atoms with Crippen molar-refractivity contribution in [3.05, 3.63) is 0 Å². The van der Waals surface area contributed by atoms with Gasteiger partial charge in [-0.3, -0.25) is 4.79 Å². The summed E-state index contributed by atoms with van der Waals surface area (Å²) in [6, 6.07) is 0.112. The van der Waals surface area contributed by atoms with E-state index in [2.05, 4.69) is 31.0 Å². The van der Waals surface area contributed by atoms with Gasteiger partial charge in [-0.1, -0.05) is 20.8 Å². The number of hydrogen-bond donors (Lipinski definition) is 1. The minimum atomic E-state index is 0.112. The number of nitrogens with one attached hydrogen (secondary N) is 1. The Morgan fingerprint density at radius 1 is 1.18 bits per heavy atom. The number of carbonyl (C=O) groups excluding carboxylic acids is 1. The standard InChI is InChI=1S/C14H26N2O/c1-14(2,3)11-6-9-16(10-7-11)13(17)12-5-4-8-15-12/h11-12,15H,4-10H2,1-3H3/t12-/m0/s1. The zero-order valence-corrected chi connectivity index (χ0v) is 11.5. The van der Waals surface area contributed by atoms with Crippen LogP contribution in [0.5, 0.6) is 0 Å². The lowest BCUT2D eigenvalue weighted by Gasteiger charge is -2.39. The van der Waals surface area contributed by atoms with E-state index < -0.39 is 0 Å². The first-order valence-electron chi connectivity index (χ1n) is 7.00. The third kappa shape index (κ3) is 3.01. The second-order valence-electron chi connectivity index (χ2n) is 6.61. The first kappa shape index (κ1) is 12.9. The molecule has 3 heteroatoms. The van der Waals surface area contributed by atoms with Crippen LogP contribution in [0, 0.1) is 11.3 Å². The van der Waals surface area contributed by atoms with E-state index in [0.29, 0.717) is 11.3 Å². The number of piperidine rings is 1. The molecule has 0 radical (unpaired) electrons. The third-order valence-corrected chi connectivity index (χ3v) is 4.39. The Balaban J connectivity index is 1.84. The number of likely N-dealkylation sites (tertiary alicyclic amines) is 1. The molecule has 3 nitrogen and oxygen atoms in total. The first-order valence-corrected chi connectivity index (χ1v) is 7.00. The van der Waals surface area contributed by atoms with Gasteiger partial charge in [-0.25, -0.2) is 0 Å². The van der Waals surface area contributed by atoms with Crippen molar-refractivity contribution in [1.82, 2.24) is 10.2 Å². The lowest BCUT2D eigenvalue weighted by Crippen LogP contribution is -2.48. The van der Waals surface area contributed by atoms with Gasteiger partial charge in [-0.15, -0.1) is 0 Å². The molecule has 98 valence electrons. The van der Waals surface area contributed by atoms with Gasteiger partial charge in [0.15, 0.2) is 0 Å². The SMILES string of the molecule is CC(C)(C)C1CCN(C(=O)[C@@H]2CCCN2)CC1. The Morgan fingerprint density at radius 3 is 2.29 bits per heavy atom. The molecule has 2 saturated heterocycles. The summed E-state index contributed by atoms with van der Waals surface area (Å²) >= 11 is 0. The number of carbonyl (C=O) groups is 1. The molecule has 0 aliphatic carbocycles. The van der Waals surface area contributed by atoms with Crippen molar-refractivity contribution in [1.29, 1.82) is 0 Å². The second-order valence-corrected chi connectivity index (χ2v) is 6.61. The lowest BCUT2D eigenvalue weighted by atomic mass is 9.75. The van der Waals surface area contributed by atoms with Gasteiger partial charge in [-0.2, -0.15) is 0 Å². The molecule has 2 rings (SSSR count). The molecule has 2 aliphatic rings. The number of rotatable bonds is 1. The first-order chi connectivity index (χ1) is 7.98.